The van der Waals surface area contributed by atoms with Crippen molar-refractivity contribution in [2.24, 2.45) is 0 Å². The second kappa shape index (κ2) is 5.00. The molecule has 94 valence electrons. The molecule has 0 amide bonds. The molecule has 0 aliphatic carbocycles. The van der Waals surface area contributed by atoms with Crippen LogP contribution in [0.4, 0.5) is 4.39 Å². The molecule has 0 aliphatic rings. The Kier molecular flexibility index (Phi) is 3.41. The van der Waals surface area contributed by atoms with E-state index in [1.165, 1.54) is 6.07 Å². The van der Waals surface area contributed by atoms with Crippen LogP contribution < -0.4 is 0 Å². The van der Waals surface area contributed by atoms with Gasteiger partial charge in [0.2, 0.25) is 0 Å². The molecule has 1 aromatic carbocycles. The lowest BCUT2D eigenvalue weighted by Crippen LogP contribution is -2.07. The highest BCUT2D eigenvalue weighted by atomic mass is 19.1. The highest BCUT2D eigenvalue weighted by molar-refractivity contribution is 5.88. The summed E-state index contributed by atoms with van der Waals surface area (Å²) in [5.74, 6) is -1.22. The van der Waals surface area contributed by atoms with E-state index >= 15 is 0 Å². The SMILES string of the molecule is CCn1ccnc1Cc1cccc(C(=O)O)c1F. The Labute approximate surface area is 104 Å². The lowest BCUT2D eigenvalue weighted by atomic mass is 10.1. The van der Waals surface area contributed by atoms with Gasteiger partial charge in [0, 0.05) is 25.4 Å². The molecule has 0 aliphatic heterocycles. The molecule has 1 heterocycles. The van der Waals surface area contributed by atoms with Gasteiger partial charge < -0.3 is 9.67 Å². The number of benzene rings is 1. The maximum atomic E-state index is 13.9. The first-order valence-electron chi connectivity index (χ1n) is 5.64. The van der Waals surface area contributed by atoms with Gasteiger partial charge in [-0.2, -0.15) is 0 Å². The van der Waals surface area contributed by atoms with Crippen molar-refractivity contribution < 1.29 is 14.3 Å². The summed E-state index contributed by atoms with van der Waals surface area (Å²) < 4.78 is 15.8. The third-order valence-corrected chi connectivity index (χ3v) is 2.80. The van der Waals surface area contributed by atoms with Crippen LogP contribution in [0.5, 0.6) is 0 Å². The van der Waals surface area contributed by atoms with E-state index in [0.717, 1.165) is 12.4 Å². The second-order valence-corrected chi connectivity index (χ2v) is 3.89. The number of carbonyl (C=O) groups is 1. The summed E-state index contributed by atoms with van der Waals surface area (Å²) >= 11 is 0. The molecule has 18 heavy (non-hydrogen) atoms. The Balaban J connectivity index is 2.35. The first-order valence-corrected chi connectivity index (χ1v) is 5.64. The van der Waals surface area contributed by atoms with Crippen LogP contribution in [0.1, 0.15) is 28.7 Å². The van der Waals surface area contributed by atoms with E-state index in [0.29, 0.717) is 5.56 Å². The number of hydrogen-bond donors (Lipinski definition) is 1. The average Bonchev–Trinajstić information content (AvgIpc) is 2.78. The number of hydrogen-bond acceptors (Lipinski definition) is 2. The number of halogens is 1. The molecule has 2 aromatic rings. The van der Waals surface area contributed by atoms with Gasteiger partial charge in [-0.25, -0.2) is 14.2 Å². The maximum absolute atomic E-state index is 13.9. The highest BCUT2D eigenvalue weighted by Gasteiger charge is 2.15. The first kappa shape index (κ1) is 12.3. The summed E-state index contributed by atoms with van der Waals surface area (Å²) in [6.07, 6.45) is 3.75. The molecule has 0 spiro atoms. The van der Waals surface area contributed by atoms with Crippen LogP contribution in [0.15, 0.2) is 30.6 Å². The van der Waals surface area contributed by atoms with Crippen molar-refractivity contribution in [3.63, 3.8) is 0 Å². The minimum Gasteiger partial charge on any atom is -0.478 e. The predicted molar refractivity (Wildman–Crippen MR) is 64.1 cm³/mol. The lowest BCUT2D eigenvalue weighted by Gasteiger charge is -2.07. The van der Waals surface area contributed by atoms with Gasteiger partial charge in [0.05, 0.1) is 5.56 Å². The van der Waals surface area contributed by atoms with Gasteiger partial charge in [0.15, 0.2) is 0 Å². The average molecular weight is 248 g/mol. The fourth-order valence-electron chi connectivity index (χ4n) is 1.85. The fraction of sp³-hybridized carbons (Fsp3) is 0.231. The molecule has 0 fully saturated rings. The first-order chi connectivity index (χ1) is 8.63. The molecule has 0 atom stereocenters. The largest absolute Gasteiger partial charge is 0.478 e. The Hall–Kier alpha value is -2.17. The van der Waals surface area contributed by atoms with Crippen LogP contribution in [-0.2, 0) is 13.0 Å². The standard InChI is InChI=1S/C13H13FN2O2/c1-2-16-7-6-15-11(16)8-9-4-3-5-10(12(9)14)13(17)18/h3-7H,2,8H2,1H3,(H,17,18). The highest BCUT2D eigenvalue weighted by Crippen LogP contribution is 2.16. The predicted octanol–water partition coefficient (Wildman–Crippen LogP) is 2.33. The normalized spacial score (nSPS) is 10.6. The van der Waals surface area contributed by atoms with E-state index < -0.39 is 11.8 Å². The van der Waals surface area contributed by atoms with Crippen LogP contribution in [0, 0.1) is 5.82 Å². The molecule has 0 bridgehead atoms. The number of carboxylic acids is 1. The van der Waals surface area contributed by atoms with E-state index in [4.69, 9.17) is 5.11 Å². The fourth-order valence-corrected chi connectivity index (χ4v) is 1.85. The number of aromatic carboxylic acids is 1. The molecular weight excluding hydrogens is 235 g/mol. The van der Waals surface area contributed by atoms with Crippen molar-refractivity contribution >= 4 is 5.97 Å². The zero-order valence-electron chi connectivity index (χ0n) is 9.93. The van der Waals surface area contributed by atoms with Crippen LogP contribution in [0.25, 0.3) is 0 Å². The van der Waals surface area contributed by atoms with Crippen LogP contribution >= 0.6 is 0 Å². The summed E-state index contributed by atoms with van der Waals surface area (Å²) in [6.45, 7) is 2.71. The quantitative estimate of drug-likeness (QED) is 0.903. The molecule has 2 rings (SSSR count). The van der Waals surface area contributed by atoms with E-state index in [2.05, 4.69) is 4.98 Å². The third kappa shape index (κ3) is 2.25. The number of aromatic nitrogens is 2. The van der Waals surface area contributed by atoms with Crippen molar-refractivity contribution in [2.45, 2.75) is 19.9 Å². The minimum absolute atomic E-state index is 0.286. The summed E-state index contributed by atoms with van der Waals surface area (Å²) in [4.78, 5) is 15.0. The van der Waals surface area contributed by atoms with E-state index in [1.54, 1.807) is 18.3 Å². The monoisotopic (exact) mass is 248 g/mol. The molecule has 0 radical (unpaired) electrons. The second-order valence-electron chi connectivity index (χ2n) is 3.89. The van der Waals surface area contributed by atoms with E-state index in [-0.39, 0.29) is 12.0 Å². The van der Waals surface area contributed by atoms with Crippen molar-refractivity contribution in [1.29, 1.82) is 0 Å². The van der Waals surface area contributed by atoms with Crippen molar-refractivity contribution in [2.75, 3.05) is 0 Å². The number of nitrogens with zero attached hydrogens (tertiary/aromatic N) is 2. The number of rotatable bonds is 4. The maximum Gasteiger partial charge on any atom is 0.338 e. The van der Waals surface area contributed by atoms with Gasteiger partial charge in [-0.3, -0.25) is 0 Å². The third-order valence-electron chi connectivity index (χ3n) is 2.80. The Morgan fingerprint density at radius 3 is 2.94 bits per heavy atom. The topological polar surface area (TPSA) is 55.1 Å². The summed E-state index contributed by atoms with van der Waals surface area (Å²) in [7, 11) is 0. The van der Waals surface area contributed by atoms with Crippen molar-refractivity contribution in [3.8, 4) is 0 Å². The van der Waals surface area contributed by atoms with Gasteiger partial charge >= 0.3 is 5.97 Å². The van der Waals surface area contributed by atoms with Crippen LogP contribution in [-0.4, -0.2) is 20.6 Å². The number of carboxylic acid groups (broad SMARTS) is 1. The zero-order chi connectivity index (χ0) is 13.1. The van der Waals surface area contributed by atoms with Crippen LogP contribution in [0.3, 0.4) is 0 Å². The van der Waals surface area contributed by atoms with E-state index in [1.807, 2.05) is 17.7 Å². The molecule has 0 saturated carbocycles. The molecular formula is C13H13FN2O2. The van der Waals surface area contributed by atoms with Crippen molar-refractivity contribution in [3.05, 3.63) is 53.4 Å². The molecule has 1 aromatic heterocycles. The number of imidazole rings is 1. The minimum atomic E-state index is -1.26. The van der Waals surface area contributed by atoms with E-state index in [9.17, 15) is 9.18 Å². The summed E-state index contributed by atoms with van der Waals surface area (Å²) in [5.41, 5.74) is 0.0397. The summed E-state index contributed by atoms with van der Waals surface area (Å²) in [5, 5.41) is 8.86. The molecule has 0 saturated heterocycles. The van der Waals surface area contributed by atoms with Gasteiger partial charge in [-0.1, -0.05) is 12.1 Å². The lowest BCUT2D eigenvalue weighted by molar-refractivity contribution is 0.0691. The zero-order valence-corrected chi connectivity index (χ0v) is 9.93. The van der Waals surface area contributed by atoms with Crippen molar-refractivity contribution in [1.82, 2.24) is 9.55 Å². The van der Waals surface area contributed by atoms with Gasteiger partial charge in [0.1, 0.15) is 11.6 Å². The Morgan fingerprint density at radius 1 is 1.50 bits per heavy atom. The van der Waals surface area contributed by atoms with Gasteiger partial charge in [-0.05, 0) is 18.6 Å². The molecule has 1 N–H and O–H groups in total. The molecule has 5 heteroatoms. The number of aryl methyl sites for hydroxylation is 1. The van der Waals surface area contributed by atoms with Crippen LogP contribution in [0.2, 0.25) is 0 Å². The van der Waals surface area contributed by atoms with Gasteiger partial charge in [-0.15, -0.1) is 0 Å². The Morgan fingerprint density at radius 2 is 2.28 bits per heavy atom. The smallest absolute Gasteiger partial charge is 0.338 e. The summed E-state index contributed by atoms with van der Waals surface area (Å²) in [6, 6.07) is 4.38. The molecule has 4 nitrogen and oxygen atoms in total. The van der Waals surface area contributed by atoms with Gasteiger partial charge in [0.25, 0.3) is 0 Å². The molecule has 0 unspecified atom stereocenters. The Bertz CT molecular complexity index is 578.